The second kappa shape index (κ2) is 8.33. The minimum Gasteiger partial charge on any atom is -0.591 e. The highest BCUT2D eigenvalue weighted by molar-refractivity contribution is 7.91. The Labute approximate surface area is 173 Å². The predicted octanol–water partition coefficient (Wildman–Crippen LogP) is 2.05. The Morgan fingerprint density at radius 1 is 1.31 bits per heavy atom. The Morgan fingerprint density at radius 2 is 1.97 bits per heavy atom. The lowest BCUT2D eigenvalue weighted by molar-refractivity contribution is 0.121. The summed E-state index contributed by atoms with van der Waals surface area (Å²) >= 11 is -1.43. The van der Waals surface area contributed by atoms with E-state index < -0.39 is 16.1 Å². The third-order valence-corrected chi connectivity index (χ3v) is 6.28. The van der Waals surface area contributed by atoms with Crippen LogP contribution in [-0.2, 0) is 23.1 Å². The molecule has 1 unspecified atom stereocenters. The molecule has 0 saturated carbocycles. The summed E-state index contributed by atoms with van der Waals surface area (Å²) in [7, 11) is 3.26. The molecule has 1 saturated heterocycles. The van der Waals surface area contributed by atoms with Gasteiger partial charge >= 0.3 is 0 Å². The quantitative estimate of drug-likeness (QED) is 0.555. The highest BCUT2D eigenvalue weighted by Gasteiger charge is 2.28. The van der Waals surface area contributed by atoms with Gasteiger partial charge in [0.1, 0.15) is 21.9 Å². The molecule has 0 radical (unpaired) electrons. The van der Waals surface area contributed by atoms with Crippen LogP contribution in [0.4, 0.5) is 5.95 Å². The van der Waals surface area contributed by atoms with Gasteiger partial charge in [-0.2, -0.15) is 0 Å². The summed E-state index contributed by atoms with van der Waals surface area (Å²) in [6, 6.07) is 3.47. The molecule has 1 aliphatic heterocycles. The largest absolute Gasteiger partial charge is 0.591 e. The zero-order valence-corrected chi connectivity index (χ0v) is 18.6. The molecular weight excluding hydrogens is 392 g/mol. The van der Waals surface area contributed by atoms with Gasteiger partial charge in [-0.3, -0.25) is 9.36 Å². The molecule has 0 amide bonds. The van der Waals surface area contributed by atoms with Crippen molar-refractivity contribution < 1.29 is 14.0 Å². The molecule has 1 aromatic carbocycles. The summed E-state index contributed by atoms with van der Waals surface area (Å²) in [4.78, 5) is 20.0. The standard InChI is InChI=1S/C20H28N4O4S/c1-13(22-29(26)20(2,3)4)15-11-14(27-6)12-16-17(15)21-19(23(5)18(16)25)24-7-9-28-10-8-24/h11-12H,7-10H2,1-6H3. The Kier molecular flexibility index (Phi) is 6.21. The molecule has 2 aromatic rings. The van der Waals surface area contributed by atoms with E-state index in [0.29, 0.717) is 60.2 Å². The van der Waals surface area contributed by atoms with E-state index in [2.05, 4.69) is 4.40 Å². The Morgan fingerprint density at radius 3 is 2.55 bits per heavy atom. The average Bonchev–Trinajstić information content (AvgIpc) is 2.69. The zero-order valence-electron chi connectivity index (χ0n) is 17.8. The molecular formula is C20H28N4O4S. The molecule has 1 fully saturated rings. The molecule has 0 N–H and O–H groups in total. The number of rotatable bonds is 4. The minimum absolute atomic E-state index is 0.165. The van der Waals surface area contributed by atoms with Crippen LogP contribution in [0, 0.1) is 0 Å². The number of aromatic nitrogens is 2. The van der Waals surface area contributed by atoms with Crippen molar-refractivity contribution in [3.63, 3.8) is 0 Å². The fraction of sp³-hybridized carbons (Fsp3) is 0.550. The maximum Gasteiger partial charge on any atom is 0.262 e. The van der Waals surface area contributed by atoms with Gasteiger partial charge in [0.2, 0.25) is 5.95 Å². The number of anilines is 1. The highest BCUT2D eigenvalue weighted by atomic mass is 32.2. The van der Waals surface area contributed by atoms with Crippen LogP contribution in [0.1, 0.15) is 33.3 Å². The van der Waals surface area contributed by atoms with Crippen LogP contribution in [0.3, 0.4) is 0 Å². The van der Waals surface area contributed by atoms with Gasteiger partial charge in [-0.15, -0.1) is 0 Å². The lowest BCUT2D eigenvalue weighted by Crippen LogP contribution is -2.40. The fourth-order valence-corrected chi connectivity index (χ4v) is 3.71. The Balaban J connectivity index is 2.24. The molecule has 29 heavy (non-hydrogen) atoms. The number of benzene rings is 1. The number of hydrogen-bond acceptors (Lipinski definition) is 7. The molecule has 0 aliphatic carbocycles. The maximum atomic E-state index is 13.1. The summed E-state index contributed by atoms with van der Waals surface area (Å²) in [6.07, 6.45) is 0. The van der Waals surface area contributed by atoms with E-state index >= 15 is 0 Å². The lowest BCUT2D eigenvalue weighted by Gasteiger charge is -2.29. The van der Waals surface area contributed by atoms with E-state index in [-0.39, 0.29) is 5.56 Å². The van der Waals surface area contributed by atoms with Gasteiger partial charge in [-0.25, -0.2) is 4.98 Å². The maximum absolute atomic E-state index is 13.1. The van der Waals surface area contributed by atoms with Gasteiger partial charge in [0.25, 0.3) is 5.56 Å². The number of morpholine rings is 1. The molecule has 8 nitrogen and oxygen atoms in total. The van der Waals surface area contributed by atoms with Crippen molar-refractivity contribution >= 4 is 33.9 Å². The minimum atomic E-state index is -1.43. The molecule has 0 spiro atoms. The van der Waals surface area contributed by atoms with Crippen LogP contribution in [0.2, 0.25) is 0 Å². The van der Waals surface area contributed by atoms with E-state index in [1.165, 1.54) is 0 Å². The monoisotopic (exact) mass is 420 g/mol. The van der Waals surface area contributed by atoms with Crippen LogP contribution in [0.5, 0.6) is 5.75 Å². The van der Waals surface area contributed by atoms with Crippen LogP contribution in [0.15, 0.2) is 21.3 Å². The predicted molar refractivity (Wildman–Crippen MR) is 117 cm³/mol. The second-order valence-corrected chi connectivity index (χ2v) is 9.89. The second-order valence-electron chi connectivity index (χ2n) is 7.98. The molecule has 1 atom stereocenters. The first-order valence-corrected chi connectivity index (χ1v) is 10.6. The zero-order chi connectivity index (χ0) is 21.3. The first-order chi connectivity index (χ1) is 13.6. The van der Waals surface area contributed by atoms with Gasteiger partial charge in [-0.1, -0.05) is 4.40 Å². The van der Waals surface area contributed by atoms with Crippen molar-refractivity contribution in [1.82, 2.24) is 9.55 Å². The number of ether oxygens (including phenoxy) is 2. The molecule has 1 aliphatic rings. The number of nitrogens with zero attached hydrogens (tertiary/aromatic N) is 4. The van der Waals surface area contributed by atoms with Gasteiger partial charge in [0, 0.05) is 25.7 Å². The molecule has 158 valence electrons. The van der Waals surface area contributed by atoms with E-state index in [4.69, 9.17) is 14.5 Å². The molecule has 0 bridgehead atoms. The van der Waals surface area contributed by atoms with E-state index in [0.717, 1.165) is 0 Å². The molecule has 1 aromatic heterocycles. The summed E-state index contributed by atoms with van der Waals surface area (Å²) in [5.74, 6) is 1.11. The van der Waals surface area contributed by atoms with Crippen molar-refractivity contribution in [2.45, 2.75) is 32.4 Å². The van der Waals surface area contributed by atoms with Gasteiger partial charge in [-0.05, 0) is 39.8 Å². The SMILES string of the molecule is COc1cc(C(C)=N[S+]([O-])C(C)(C)C)c2nc(N3CCOCC3)n(C)c(=O)c2c1. The summed E-state index contributed by atoms with van der Waals surface area (Å²) < 4.78 is 28.8. The normalized spacial score (nSPS) is 16.9. The summed E-state index contributed by atoms with van der Waals surface area (Å²) in [5.41, 5.74) is 1.56. The van der Waals surface area contributed by atoms with Crippen molar-refractivity contribution in [2.75, 3.05) is 38.3 Å². The van der Waals surface area contributed by atoms with Crippen LogP contribution >= 0.6 is 0 Å². The highest BCUT2D eigenvalue weighted by Crippen LogP contribution is 2.26. The van der Waals surface area contributed by atoms with Gasteiger partial charge < -0.3 is 18.9 Å². The summed E-state index contributed by atoms with van der Waals surface area (Å²) in [6.45, 7) is 9.90. The first kappa shape index (κ1) is 21.6. The van der Waals surface area contributed by atoms with Gasteiger partial charge in [0.15, 0.2) is 0 Å². The van der Waals surface area contributed by atoms with Crippen LogP contribution < -0.4 is 15.2 Å². The van der Waals surface area contributed by atoms with Crippen molar-refractivity contribution in [1.29, 1.82) is 0 Å². The molecule has 9 heteroatoms. The van der Waals surface area contributed by atoms with Crippen molar-refractivity contribution in [3.05, 3.63) is 28.0 Å². The average molecular weight is 421 g/mol. The Hall–Kier alpha value is -2.10. The number of fused-ring (bicyclic) bond motifs is 1. The molecule has 3 rings (SSSR count). The van der Waals surface area contributed by atoms with Gasteiger partial charge in [0.05, 0.1) is 36.9 Å². The van der Waals surface area contributed by atoms with E-state index in [1.54, 1.807) is 37.8 Å². The smallest absolute Gasteiger partial charge is 0.262 e. The summed E-state index contributed by atoms with van der Waals surface area (Å²) in [5, 5.41) is 0.440. The fourth-order valence-electron chi connectivity index (χ4n) is 3.09. The topological polar surface area (TPSA) is 92.0 Å². The lowest BCUT2D eigenvalue weighted by atomic mass is 10.1. The molecule has 2 heterocycles. The number of hydrogen-bond donors (Lipinski definition) is 0. The van der Waals surface area contributed by atoms with Crippen LogP contribution in [0.25, 0.3) is 10.9 Å². The third kappa shape index (κ3) is 4.41. The van der Waals surface area contributed by atoms with Crippen LogP contribution in [-0.4, -0.2) is 58.0 Å². The third-order valence-electron chi connectivity index (χ3n) is 4.79. The first-order valence-electron chi connectivity index (χ1n) is 9.52. The van der Waals surface area contributed by atoms with Crippen molar-refractivity contribution in [2.24, 2.45) is 11.4 Å². The number of methoxy groups -OCH3 is 1. The van der Waals surface area contributed by atoms with E-state index in [1.807, 2.05) is 25.7 Å². The Bertz CT molecular complexity index is 991. The van der Waals surface area contributed by atoms with Crippen molar-refractivity contribution in [3.8, 4) is 5.75 Å². The van der Waals surface area contributed by atoms with E-state index in [9.17, 15) is 9.35 Å².